The van der Waals surface area contributed by atoms with Gasteiger partial charge in [-0.25, -0.2) is 4.79 Å². The largest absolute Gasteiger partial charge is 0.467 e. The van der Waals surface area contributed by atoms with Crippen LogP contribution in [0.15, 0.2) is 60.9 Å². The average Bonchev–Trinajstić information content (AvgIpc) is 3.40. The molecule has 4 rings (SSSR count). The fourth-order valence-electron chi connectivity index (χ4n) is 3.76. The second-order valence-electron chi connectivity index (χ2n) is 7.52. The molecule has 0 bridgehead atoms. The average molecular weight is 432 g/mol. The van der Waals surface area contributed by atoms with Crippen LogP contribution >= 0.6 is 0 Å². The van der Waals surface area contributed by atoms with Gasteiger partial charge in [-0.15, -0.1) is 0 Å². The summed E-state index contributed by atoms with van der Waals surface area (Å²) in [5.74, 6) is -1.21. The molecule has 0 saturated carbocycles. The van der Waals surface area contributed by atoms with Crippen molar-refractivity contribution in [2.24, 2.45) is 0 Å². The van der Waals surface area contributed by atoms with Gasteiger partial charge < -0.3 is 25.3 Å². The summed E-state index contributed by atoms with van der Waals surface area (Å²) in [6.07, 6.45) is 3.83. The van der Waals surface area contributed by atoms with E-state index in [0.29, 0.717) is 0 Å². The number of carbonyl (C=O) groups is 3. The van der Waals surface area contributed by atoms with Crippen molar-refractivity contribution < 1.29 is 19.1 Å². The smallest absolute Gasteiger partial charge is 0.330 e. The van der Waals surface area contributed by atoms with Crippen molar-refractivity contribution in [3.8, 4) is 0 Å². The lowest BCUT2D eigenvalue weighted by atomic mass is 10.1. The summed E-state index contributed by atoms with van der Waals surface area (Å²) in [4.78, 5) is 43.5. The summed E-state index contributed by atoms with van der Waals surface area (Å²) in [6.45, 7) is -0.0620. The fraction of sp³-hybridized carbons (Fsp3) is 0.208. The number of amides is 2. The van der Waals surface area contributed by atoms with Crippen LogP contribution in [0.1, 0.15) is 11.1 Å². The zero-order valence-corrected chi connectivity index (χ0v) is 17.6. The number of ether oxygens (including phenoxy) is 1. The standard InChI is InChI=1S/C24H24N4O4/c1-32-24(31)21(28-23(30)11-16-13-26-20-9-5-3-7-18(16)20)14-27-22(29)10-15-12-25-19-8-4-2-6-17(15)19/h2-9,12-13,21,25-26H,10-11,14H2,1H3,(H,27,29)(H,28,30). The number of fused-ring (bicyclic) bond motifs is 2. The molecule has 0 spiro atoms. The van der Waals surface area contributed by atoms with E-state index in [2.05, 4.69) is 20.6 Å². The first kappa shape index (κ1) is 21.2. The van der Waals surface area contributed by atoms with E-state index in [0.717, 1.165) is 32.9 Å². The Kier molecular flexibility index (Phi) is 6.21. The van der Waals surface area contributed by atoms with Crippen LogP contribution in [-0.4, -0.2) is 47.4 Å². The van der Waals surface area contributed by atoms with E-state index < -0.39 is 12.0 Å². The molecule has 0 radical (unpaired) electrons. The Morgan fingerprint density at radius 3 is 1.94 bits per heavy atom. The Bertz CT molecular complexity index is 1270. The van der Waals surface area contributed by atoms with E-state index in [1.807, 2.05) is 48.5 Å². The first-order valence-corrected chi connectivity index (χ1v) is 10.3. The highest BCUT2D eigenvalue weighted by Gasteiger charge is 2.23. The summed E-state index contributed by atoms with van der Waals surface area (Å²) in [5.41, 5.74) is 3.57. The summed E-state index contributed by atoms with van der Waals surface area (Å²) in [7, 11) is 1.24. The molecule has 0 saturated heterocycles. The molecule has 4 aromatic rings. The highest BCUT2D eigenvalue weighted by molar-refractivity contribution is 5.92. The summed E-state index contributed by atoms with van der Waals surface area (Å²) >= 11 is 0. The summed E-state index contributed by atoms with van der Waals surface area (Å²) < 4.78 is 4.80. The van der Waals surface area contributed by atoms with Gasteiger partial charge in [0.15, 0.2) is 0 Å². The molecule has 2 heterocycles. The monoisotopic (exact) mass is 432 g/mol. The number of H-pyrrole nitrogens is 2. The lowest BCUT2D eigenvalue weighted by Crippen LogP contribution is -2.49. The van der Waals surface area contributed by atoms with E-state index >= 15 is 0 Å². The third kappa shape index (κ3) is 4.64. The maximum absolute atomic E-state index is 12.6. The third-order valence-corrected chi connectivity index (χ3v) is 5.38. The van der Waals surface area contributed by atoms with Gasteiger partial charge in [0.05, 0.1) is 20.0 Å². The zero-order valence-electron chi connectivity index (χ0n) is 17.6. The van der Waals surface area contributed by atoms with Crippen LogP contribution in [-0.2, 0) is 32.0 Å². The zero-order chi connectivity index (χ0) is 22.5. The van der Waals surface area contributed by atoms with Gasteiger partial charge in [-0.05, 0) is 23.3 Å². The maximum Gasteiger partial charge on any atom is 0.330 e. The predicted molar refractivity (Wildman–Crippen MR) is 121 cm³/mol. The molecule has 1 unspecified atom stereocenters. The van der Waals surface area contributed by atoms with Crippen LogP contribution in [0.25, 0.3) is 21.8 Å². The van der Waals surface area contributed by atoms with Gasteiger partial charge in [0.25, 0.3) is 0 Å². The number of nitrogens with one attached hydrogen (secondary N) is 4. The van der Waals surface area contributed by atoms with Gasteiger partial charge in [0.2, 0.25) is 11.8 Å². The number of aromatic nitrogens is 2. The number of hydrogen-bond donors (Lipinski definition) is 4. The van der Waals surface area contributed by atoms with Gasteiger partial charge in [0, 0.05) is 40.7 Å². The second kappa shape index (κ2) is 9.38. The number of esters is 1. The number of benzene rings is 2. The van der Waals surface area contributed by atoms with Crippen molar-refractivity contribution in [2.75, 3.05) is 13.7 Å². The van der Waals surface area contributed by atoms with Gasteiger partial charge in [-0.2, -0.15) is 0 Å². The van der Waals surface area contributed by atoms with E-state index in [-0.39, 0.29) is 31.2 Å². The molecule has 32 heavy (non-hydrogen) atoms. The number of rotatable bonds is 8. The number of hydrogen-bond acceptors (Lipinski definition) is 4. The molecular weight excluding hydrogens is 408 g/mol. The Morgan fingerprint density at radius 1 is 0.844 bits per heavy atom. The molecule has 164 valence electrons. The minimum atomic E-state index is -0.982. The molecular formula is C24H24N4O4. The van der Waals surface area contributed by atoms with Gasteiger partial charge in [-0.1, -0.05) is 36.4 Å². The van der Waals surface area contributed by atoms with Crippen LogP contribution in [0.5, 0.6) is 0 Å². The van der Waals surface area contributed by atoms with E-state index in [4.69, 9.17) is 4.74 Å². The topological polar surface area (TPSA) is 116 Å². The SMILES string of the molecule is COC(=O)C(CNC(=O)Cc1c[nH]c2ccccc12)NC(=O)Cc1c[nH]c2ccccc12. The molecule has 2 aromatic heterocycles. The summed E-state index contributed by atoms with van der Waals surface area (Å²) in [5, 5.41) is 7.31. The molecule has 0 fully saturated rings. The van der Waals surface area contributed by atoms with E-state index in [1.54, 1.807) is 12.4 Å². The van der Waals surface area contributed by atoms with Crippen molar-refractivity contribution in [2.45, 2.75) is 18.9 Å². The van der Waals surface area contributed by atoms with Crippen molar-refractivity contribution in [3.63, 3.8) is 0 Å². The number of aromatic amines is 2. The highest BCUT2D eigenvalue weighted by atomic mass is 16.5. The lowest BCUT2D eigenvalue weighted by Gasteiger charge is -2.17. The van der Waals surface area contributed by atoms with Crippen molar-refractivity contribution >= 4 is 39.6 Å². The van der Waals surface area contributed by atoms with Crippen LogP contribution in [0, 0.1) is 0 Å². The van der Waals surface area contributed by atoms with Crippen molar-refractivity contribution in [3.05, 3.63) is 72.1 Å². The quantitative estimate of drug-likeness (QED) is 0.320. The highest BCUT2D eigenvalue weighted by Crippen LogP contribution is 2.19. The van der Waals surface area contributed by atoms with Gasteiger partial charge in [-0.3, -0.25) is 9.59 Å². The van der Waals surface area contributed by atoms with Crippen LogP contribution in [0.2, 0.25) is 0 Å². The Morgan fingerprint density at radius 2 is 1.38 bits per heavy atom. The first-order chi connectivity index (χ1) is 15.5. The lowest BCUT2D eigenvalue weighted by molar-refractivity contribution is -0.145. The third-order valence-electron chi connectivity index (χ3n) is 5.38. The Labute approximate surface area is 184 Å². The molecule has 2 aromatic carbocycles. The Hall–Kier alpha value is -4.07. The number of para-hydroxylation sites is 2. The number of carbonyl (C=O) groups excluding carboxylic acids is 3. The minimum absolute atomic E-state index is 0.0620. The predicted octanol–water partition coefficient (Wildman–Crippen LogP) is 2.21. The first-order valence-electron chi connectivity index (χ1n) is 10.3. The Balaban J connectivity index is 1.36. The molecule has 8 heteroatoms. The molecule has 4 N–H and O–H groups in total. The molecule has 0 aliphatic carbocycles. The minimum Gasteiger partial charge on any atom is -0.467 e. The molecule has 0 aliphatic rings. The van der Waals surface area contributed by atoms with Crippen molar-refractivity contribution in [1.82, 2.24) is 20.6 Å². The number of methoxy groups -OCH3 is 1. The molecule has 2 amide bonds. The normalized spacial score (nSPS) is 11.9. The molecule has 8 nitrogen and oxygen atoms in total. The van der Waals surface area contributed by atoms with Crippen molar-refractivity contribution in [1.29, 1.82) is 0 Å². The molecule has 1 atom stereocenters. The van der Waals surface area contributed by atoms with Gasteiger partial charge in [0.1, 0.15) is 6.04 Å². The van der Waals surface area contributed by atoms with E-state index in [1.165, 1.54) is 7.11 Å². The maximum atomic E-state index is 12.6. The van der Waals surface area contributed by atoms with Crippen LogP contribution < -0.4 is 10.6 Å². The van der Waals surface area contributed by atoms with Gasteiger partial charge >= 0.3 is 5.97 Å². The fourth-order valence-corrected chi connectivity index (χ4v) is 3.76. The summed E-state index contributed by atoms with van der Waals surface area (Å²) in [6, 6.07) is 14.4. The molecule has 0 aliphatic heterocycles. The van der Waals surface area contributed by atoms with E-state index in [9.17, 15) is 14.4 Å². The van der Waals surface area contributed by atoms with Crippen LogP contribution in [0.3, 0.4) is 0 Å². The second-order valence-corrected chi connectivity index (χ2v) is 7.52. The van der Waals surface area contributed by atoms with Crippen LogP contribution in [0.4, 0.5) is 0 Å².